The maximum absolute atomic E-state index is 11.8. The molecule has 0 aliphatic carbocycles. The number of rotatable bonds is 10. The van der Waals surface area contributed by atoms with Crippen molar-refractivity contribution in [3.8, 4) is 5.69 Å². The van der Waals surface area contributed by atoms with Gasteiger partial charge in [0.25, 0.3) is 0 Å². The van der Waals surface area contributed by atoms with Gasteiger partial charge in [0.2, 0.25) is 0 Å². The first-order valence-electron chi connectivity index (χ1n) is 15.5. The molecule has 0 radical (unpaired) electrons. The second kappa shape index (κ2) is 17.1. The van der Waals surface area contributed by atoms with E-state index in [2.05, 4.69) is 120 Å². The number of allylic oxidation sites excluding steroid dienone is 5. The lowest BCUT2D eigenvalue weighted by atomic mass is 10.0. The lowest BCUT2D eigenvalue weighted by Gasteiger charge is -2.33. The summed E-state index contributed by atoms with van der Waals surface area (Å²) < 4.78 is 2.23. The van der Waals surface area contributed by atoms with Crippen molar-refractivity contribution in [2.24, 2.45) is 0 Å². The van der Waals surface area contributed by atoms with Gasteiger partial charge in [0.15, 0.2) is 6.29 Å². The number of aromatic nitrogens is 1. The molecule has 0 amide bonds. The minimum absolute atomic E-state index is 0.118. The smallest absolute Gasteiger partial charge is 0.151 e. The second-order valence-corrected chi connectivity index (χ2v) is 12.6. The Kier molecular flexibility index (Phi) is 13.0. The molecule has 2 unspecified atom stereocenters. The van der Waals surface area contributed by atoms with Crippen molar-refractivity contribution >= 4 is 23.7 Å². The number of hydrogen-bond donors (Lipinski definition) is 1. The highest BCUT2D eigenvalue weighted by Gasteiger charge is 2.20. The summed E-state index contributed by atoms with van der Waals surface area (Å²) in [5, 5.41) is 3.44. The highest BCUT2D eigenvalue weighted by molar-refractivity contribution is 7.99. The fraction of sp³-hybridized carbons (Fsp3) is 0.378. The Morgan fingerprint density at radius 2 is 1.79 bits per heavy atom. The number of anilines is 1. The molecule has 2 fully saturated rings. The molecule has 6 heteroatoms. The Bertz CT molecular complexity index is 1360. The van der Waals surface area contributed by atoms with Crippen LogP contribution >= 0.6 is 11.8 Å². The predicted octanol–water partition coefficient (Wildman–Crippen LogP) is 7.08. The molecule has 228 valence electrons. The van der Waals surface area contributed by atoms with Gasteiger partial charge in [0.1, 0.15) is 0 Å². The van der Waals surface area contributed by atoms with Crippen molar-refractivity contribution in [2.75, 3.05) is 56.2 Å². The third-order valence-corrected chi connectivity index (χ3v) is 9.13. The standard InChI is InChI=1S/C25H30N2OS.C12H18N2/c1-4-5-6-7-8-10-20(2)25-22(19-28)17-21(3)27(25)24-12-9-11-23(18-24)26-13-15-29-16-14-26;1-14-8-7-13-10-12(14)9-11-5-3-2-4-6-11/h4,6-12,17-20H,1,5,13-16H2,2-3H3;2-6,12-13H,7-10H2,1H3/b7-6-,10-8-;. The monoisotopic (exact) mass is 596 g/mol. The molecule has 3 heterocycles. The molecule has 5 rings (SSSR count). The van der Waals surface area contributed by atoms with E-state index in [0.29, 0.717) is 6.04 Å². The fourth-order valence-corrected chi connectivity index (χ4v) is 6.69. The van der Waals surface area contributed by atoms with Crippen molar-refractivity contribution < 1.29 is 4.79 Å². The molecule has 0 bridgehead atoms. The molecular weight excluding hydrogens is 549 g/mol. The van der Waals surface area contributed by atoms with E-state index in [1.165, 1.54) is 22.8 Å². The molecule has 3 aromatic rings. The molecular formula is C37H48N4OS. The Morgan fingerprint density at radius 3 is 2.51 bits per heavy atom. The van der Waals surface area contributed by atoms with Crippen LogP contribution in [-0.2, 0) is 6.42 Å². The van der Waals surface area contributed by atoms with Crippen LogP contribution in [0.1, 0.15) is 46.6 Å². The summed E-state index contributed by atoms with van der Waals surface area (Å²) in [6.07, 6.45) is 13.2. The van der Waals surface area contributed by atoms with Gasteiger partial charge >= 0.3 is 0 Å². The molecule has 2 atom stereocenters. The van der Waals surface area contributed by atoms with E-state index in [0.717, 1.165) is 74.5 Å². The molecule has 0 saturated carbocycles. The van der Waals surface area contributed by atoms with Gasteiger partial charge in [-0.25, -0.2) is 0 Å². The van der Waals surface area contributed by atoms with Crippen LogP contribution < -0.4 is 10.2 Å². The van der Waals surface area contributed by atoms with E-state index >= 15 is 0 Å². The summed E-state index contributed by atoms with van der Waals surface area (Å²) in [5.74, 6) is 2.47. The average molecular weight is 597 g/mol. The number of carbonyl (C=O) groups is 1. The number of nitrogens with zero attached hydrogens (tertiary/aromatic N) is 3. The summed E-state index contributed by atoms with van der Waals surface area (Å²) in [6, 6.07) is 22.1. The molecule has 2 aliphatic heterocycles. The third kappa shape index (κ3) is 9.33. The Balaban J connectivity index is 0.000000251. The number of thioether (sulfide) groups is 1. The molecule has 5 nitrogen and oxygen atoms in total. The lowest BCUT2D eigenvalue weighted by molar-refractivity contribution is 0.112. The summed E-state index contributed by atoms with van der Waals surface area (Å²) >= 11 is 2.02. The van der Waals surface area contributed by atoms with Crippen LogP contribution in [-0.4, -0.2) is 73.1 Å². The Morgan fingerprint density at radius 1 is 1.02 bits per heavy atom. The zero-order valence-corrected chi connectivity index (χ0v) is 26.9. The van der Waals surface area contributed by atoms with E-state index in [9.17, 15) is 4.79 Å². The van der Waals surface area contributed by atoms with Gasteiger partial charge in [0, 0.05) is 84.5 Å². The second-order valence-electron chi connectivity index (χ2n) is 11.4. The lowest BCUT2D eigenvalue weighted by Crippen LogP contribution is -2.50. The van der Waals surface area contributed by atoms with Crippen LogP contribution in [0.2, 0.25) is 0 Å². The number of aryl methyl sites for hydroxylation is 1. The minimum Gasteiger partial charge on any atom is -0.370 e. The van der Waals surface area contributed by atoms with Crippen molar-refractivity contribution in [1.29, 1.82) is 0 Å². The van der Waals surface area contributed by atoms with Gasteiger partial charge in [-0.3, -0.25) is 4.79 Å². The number of hydrogen-bond acceptors (Lipinski definition) is 5. The van der Waals surface area contributed by atoms with E-state index < -0.39 is 0 Å². The van der Waals surface area contributed by atoms with Crippen molar-refractivity contribution in [2.45, 2.75) is 38.6 Å². The van der Waals surface area contributed by atoms with Crippen LogP contribution in [0.25, 0.3) is 5.69 Å². The number of nitrogens with one attached hydrogen (secondary N) is 1. The van der Waals surface area contributed by atoms with Gasteiger partial charge in [-0.1, -0.05) is 73.7 Å². The van der Waals surface area contributed by atoms with E-state index in [1.54, 1.807) is 0 Å². The van der Waals surface area contributed by atoms with Gasteiger partial charge < -0.3 is 19.7 Å². The zero-order valence-electron chi connectivity index (χ0n) is 26.1. The van der Waals surface area contributed by atoms with Crippen LogP contribution in [0, 0.1) is 6.92 Å². The zero-order chi connectivity index (χ0) is 30.4. The first kappa shape index (κ1) is 32.6. The third-order valence-electron chi connectivity index (χ3n) is 8.18. The SMILES string of the molecule is C=CC/C=C\C=C/C(C)c1c(C=O)cc(C)n1-c1cccc(N2CCSCC2)c1.CN1CCNCC1Cc1ccccc1. The number of piperazine rings is 1. The summed E-state index contributed by atoms with van der Waals surface area (Å²) in [4.78, 5) is 16.7. The number of carbonyl (C=O) groups excluding carboxylic acids is 1. The number of likely N-dealkylation sites (N-methyl/N-ethyl adjacent to an activating group) is 1. The largest absolute Gasteiger partial charge is 0.370 e. The van der Waals surface area contributed by atoms with Gasteiger partial charge in [-0.15, -0.1) is 6.58 Å². The van der Waals surface area contributed by atoms with E-state index in [4.69, 9.17) is 0 Å². The van der Waals surface area contributed by atoms with Gasteiger partial charge in [-0.05, 0) is 56.6 Å². The highest BCUT2D eigenvalue weighted by Crippen LogP contribution is 2.30. The average Bonchev–Trinajstić information content (AvgIpc) is 3.39. The normalized spacial score (nSPS) is 18.4. The van der Waals surface area contributed by atoms with Crippen molar-refractivity contribution in [1.82, 2.24) is 14.8 Å². The molecule has 1 aromatic heterocycles. The number of aldehydes is 1. The van der Waals surface area contributed by atoms with E-state index in [1.807, 2.05) is 30.0 Å². The summed E-state index contributed by atoms with van der Waals surface area (Å²) in [6.45, 7) is 13.5. The van der Waals surface area contributed by atoms with E-state index in [-0.39, 0.29) is 5.92 Å². The Labute approximate surface area is 263 Å². The number of benzene rings is 2. The molecule has 1 N–H and O–H groups in total. The molecule has 2 aliphatic rings. The van der Waals surface area contributed by atoms with Crippen LogP contribution in [0.15, 0.2) is 97.6 Å². The van der Waals surface area contributed by atoms with Gasteiger partial charge in [0.05, 0.1) is 0 Å². The summed E-state index contributed by atoms with van der Waals surface area (Å²) in [7, 11) is 2.22. The maximum Gasteiger partial charge on any atom is 0.151 e. The van der Waals surface area contributed by atoms with Crippen LogP contribution in [0.3, 0.4) is 0 Å². The highest BCUT2D eigenvalue weighted by atomic mass is 32.2. The van der Waals surface area contributed by atoms with Crippen molar-refractivity contribution in [3.05, 3.63) is 120 Å². The first-order chi connectivity index (χ1) is 21.0. The quantitative estimate of drug-likeness (QED) is 0.154. The molecule has 43 heavy (non-hydrogen) atoms. The van der Waals surface area contributed by atoms with Crippen LogP contribution in [0.4, 0.5) is 5.69 Å². The topological polar surface area (TPSA) is 40.5 Å². The first-order valence-corrected chi connectivity index (χ1v) is 16.7. The molecule has 0 spiro atoms. The fourth-order valence-electron chi connectivity index (χ4n) is 5.79. The van der Waals surface area contributed by atoms with Crippen LogP contribution in [0.5, 0.6) is 0 Å². The van der Waals surface area contributed by atoms with Gasteiger partial charge in [-0.2, -0.15) is 11.8 Å². The minimum atomic E-state index is 0.118. The molecule has 2 saturated heterocycles. The maximum atomic E-state index is 11.8. The summed E-state index contributed by atoms with van der Waals surface area (Å²) in [5.41, 5.74) is 6.68. The Hall–Kier alpha value is -3.32. The van der Waals surface area contributed by atoms with Crippen molar-refractivity contribution in [3.63, 3.8) is 0 Å². The molecule has 2 aromatic carbocycles. The predicted molar refractivity (Wildman–Crippen MR) is 186 cm³/mol.